The van der Waals surface area contributed by atoms with Gasteiger partial charge in [0, 0.05) is 18.9 Å². The lowest BCUT2D eigenvalue weighted by Crippen LogP contribution is -2.47. The number of aliphatic hydroxyl groups excluding tert-OH is 3. The molecule has 1 aliphatic carbocycles. The molecule has 3 aliphatic rings. The highest BCUT2D eigenvalue weighted by atomic mass is 16.5. The number of ether oxygens (including phenoxy) is 2. The summed E-state index contributed by atoms with van der Waals surface area (Å²) in [4.78, 5) is 0. The molecule has 184 valence electrons. The van der Waals surface area contributed by atoms with E-state index in [1.165, 1.54) is 11.1 Å². The summed E-state index contributed by atoms with van der Waals surface area (Å²) in [6, 6.07) is 0. The van der Waals surface area contributed by atoms with Crippen molar-refractivity contribution < 1.29 is 24.8 Å². The molecule has 0 aromatic heterocycles. The van der Waals surface area contributed by atoms with Crippen LogP contribution in [-0.4, -0.2) is 58.6 Å². The Bertz CT molecular complexity index is 803. The summed E-state index contributed by atoms with van der Waals surface area (Å²) in [7, 11) is 0. The third-order valence-corrected chi connectivity index (χ3v) is 7.37. The number of allylic oxidation sites excluding steroid dienone is 3. The maximum atomic E-state index is 10.2. The quantitative estimate of drug-likeness (QED) is 0.400. The first-order valence-corrected chi connectivity index (χ1v) is 12.6. The highest BCUT2D eigenvalue weighted by Gasteiger charge is 2.44. The van der Waals surface area contributed by atoms with Crippen LogP contribution >= 0.6 is 0 Å². The fraction of sp³-hybridized carbons (Fsp3) is 0.714. The lowest BCUT2D eigenvalue weighted by atomic mass is 9.96. The van der Waals surface area contributed by atoms with Gasteiger partial charge in [0.15, 0.2) is 0 Å². The molecule has 2 heterocycles. The number of hydrogen-bond donors (Lipinski definition) is 3. The van der Waals surface area contributed by atoms with E-state index in [1.807, 2.05) is 0 Å². The average Bonchev–Trinajstić information content (AvgIpc) is 3.41. The smallest absolute Gasteiger partial charge is 0.146 e. The van der Waals surface area contributed by atoms with Crippen LogP contribution in [0.4, 0.5) is 0 Å². The van der Waals surface area contributed by atoms with Gasteiger partial charge in [0.2, 0.25) is 0 Å². The van der Waals surface area contributed by atoms with Crippen LogP contribution in [0, 0.1) is 35.5 Å². The van der Waals surface area contributed by atoms with Crippen LogP contribution in [0.2, 0.25) is 0 Å². The van der Waals surface area contributed by atoms with E-state index in [1.54, 1.807) is 0 Å². The molecule has 5 heteroatoms. The van der Waals surface area contributed by atoms with Gasteiger partial charge in [-0.05, 0) is 62.0 Å². The van der Waals surface area contributed by atoms with Crippen LogP contribution in [0.15, 0.2) is 35.5 Å². The maximum Gasteiger partial charge on any atom is 0.146 e. The molecular formula is C28H42O5. The molecule has 10 atom stereocenters. The normalized spacial score (nSPS) is 40.2. The first-order valence-electron chi connectivity index (χ1n) is 12.6. The van der Waals surface area contributed by atoms with Gasteiger partial charge in [0.25, 0.3) is 0 Å². The fourth-order valence-electron chi connectivity index (χ4n) is 4.98. The Balaban J connectivity index is 1.54. The van der Waals surface area contributed by atoms with E-state index in [-0.39, 0.29) is 30.8 Å². The molecule has 0 bridgehead atoms. The summed E-state index contributed by atoms with van der Waals surface area (Å²) in [6.45, 7) is 10.9. The van der Waals surface area contributed by atoms with Crippen LogP contribution in [0.3, 0.4) is 0 Å². The van der Waals surface area contributed by atoms with E-state index in [0.717, 1.165) is 12.8 Å². The van der Waals surface area contributed by atoms with Gasteiger partial charge in [-0.1, -0.05) is 56.9 Å². The zero-order valence-corrected chi connectivity index (χ0v) is 20.8. The van der Waals surface area contributed by atoms with Crippen LogP contribution in [-0.2, 0) is 9.47 Å². The first-order chi connectivity index (χ1) is 15.7. The third kappa shape index (κ3) is 6.81. The highest BCUT2D eigenvalue weighted by Crippen LogP contribution is 2.46. The molecule has 0 unspecified atom stereocenters. The first kappa shape index (κ1) is 26.2. The van der Waals surface area contributed by atoms with Crippen molar-refractivity contribution in [3.8, 4) is 11.8 Å². The summed E-state index contributed by atoms with van der Waals surface area (Å²) < 4.78 is 12.1. The molecule has 2 fully saturated rings. The fourth-order valence-corrected chi connectivity index (χ4v) is 4.98. The minimum atomic E-state index is -1.00. The molecule has 3 rings (SSSR count). The monoisotopic (exact) mass is 458 g/mol. The molecule has 0 amide bonds. The van der Waals surface area contributed by atoms with Gasteiger partial charge >= 0.3 is 0 Å². The van der Waals surface area contributed by atoms with E-state index in [4.69, 9.17) is 14.6 Å². The van der Waals surface area contributed by atoms with Gasteiger partial charge in [-0.2, -0.15) is 0 Å². The Hall–Kier alpha value is -1.42. The Morgan fingerprint density at radius 2 is 2.03 bits per heavy atom. The molecule has 0 spiro atoms. The highest BCUT2D eigenvalue weighted by molar-refractivity contribution is 5.25. The largest absolute Gasteiger partial charge is 0.396 e. The van der Waals surface area contributed by atoms with Crippen LogP contribution in [0.5, 0.6) is 0 Å². The van der Waals surface area contributed by atoms with Crippen LogP contribution in [0.25, 0.3) is 0 Å². The second-order valence-corrected chi connectivity index (χ2v) is 10.1. The van der Waals surface area contributed by atoms with E-state index < -0.39 is 18.3 Å². The molecule has 2 aliphatic heterocycles. The summed E-state index contributed by atoms with van der Waals surface area (Å²) >= 11 is 0. The van der Waals surface area contributed by atoms with Crippen molar-refractivity contribution >= 4 is 0 Å². The van der Waals surface area contributed by atoms with Crippen molar-refractivity contribution in [2.45, 2.75) is 96.9 Å². The molecule has 0 aromatic carbocycles. The van der Waals surface area contributed by atoms with Gasteiger partial charge in [-0.25, -0.2) is 0 Å². The predicted octanol–water partition coefficient (Wildman–Crippen LogP) is 3.79. The van der Waals surface area contributed by atoms with E-state index in [0.29, 0.717) is 30.6 Å². The van der Waals surface area contributed by atoms with Crippen molar-refractivity contribution in [1.82, 2.24) is 0 Å². The topological polar surface area (TPSA) is 79.2 Å². The van der Waals surface area contributed by atoms with Crippen molar-refractivity contribution in [3.05, 3.63) is 35.5 Å². The zero-order valence-electron chi connectivity index (χ0n) is 20.8. The molecule has 1 saturated heterocycles. The number of aliphatic hydroxyl groups is 3. The molecule has 1 saturated carbocycles. The summed E-state index contributed by atoms with van der Waals surface area (Å²) in [6.07, 6.45) is 9.42. The van der Waals surface area contributed by atoms with Crippen molar-refractivity contribution in [2.75, 3.05) is 6.61 Å². The van der Waals surface area contributed by atoms with E-state index in [9.17, 15) is 10.2 Å². The molecule has 33 heavy (non-hydrogen) atoms. The summed E-state index contributed by atoms with van der Waals surface area (Å²) in [5, 5.41) is 29.4. The zero-order chi connectivity index (χ0) is 24.1. The van der Waals surface area contributed by atoms with Gasteiger partial charge in [0.05, 0.1) is 24.4 Å². The lowest BCUT2D eigenvalue weighted by Gasteiger charge is -2.34. The molecule has 0 radical (unpaired) electrons. The van der Waals surface area contributed by atoms with Gasteiger partial charge in [-0.15, -0.1) is 0 Å². The third-order valence-electron chi connectivity index (χ3n) is 7.37. The minimum absolute atomic E-state index is 0.00530. The van der Waals surface area contributed by atoms with Crippen molar-refractivity contribution in [3.63, 3.8) is 0 Å². The van der Waals surface area contributed by atoms with Crippen LogP contribution in [0.1, 0.15) is 60.3 Å². The van der Waals surface area contributed by atoms with E-state index >= 15 is 0 Å². The Kier molecular flexibility index (Phi) is 9.38. The SMILES string of the molecule is CC[C@H]1O[C@@H](/C(C)=C/[C@H](C)/C=C/[C@H]2[C@@H](C)[C@@H]2C#C[C@@H]2O[C@H](CCO)C[C@H](O)[C@H]2O)CC=C1C. The van der Waals surface area contributed by atoms with Gasteiger partial charge in [0.1, 0.15) is 12.2 Å². The van der Waals surface area contributed by atoms with Gasteiger partial charge < -0.3 is 24.8 Å². The molecule has 3 N–H and O–H groups in total. The maximum absolute atomic E-state index is 10.2. The predicted molar refractivity (Wildman–Crippen MR) is 130 cm³/mol. The van der Waals surface area contributed by atoms with Crippen LogP contribution < -0.4 is 0 Å². The average molecular weight is 459 g/mol. The standard InChI is InChI=1S/C28H42O5/c1-6-25-18(3)8-11-26(33-25)19(4)15-17(2)7-9-22-20(5)23(22)10-12-27-28(31)24(30)16-21(32-27)13-14-29/h7-9,15,17,20-31H,6,11,13-14,16H2,1-5H3/b9-7+,19-15+/t17-,20-,21-,22+,23+,24+,25-,26-,27+,28-/m1/s1. The second-order valence-electron chi connectivity index (χ2n) is 10.1. The Morgan fingerprint density at radius 3 is 2.73 bits per heavy atom. The Labute approximate surface area is 199 Å². The summed E-state index contributed by atoms with van der Waals surface area (Å²) in [5.74, 6) is 7.75. The van der Waals surface area contributed by atoms with E-state index in [2.05, 4.69) is 70.8 Å². The van der Waals surface area contributed by atoms with Crippen molar-refractivity contribution in [2.24, 2.45) is 23.7 Å². The van der Waals surface area contributed by atoms with Gasteiger partial charge in [-0.3, -0.25) is 0 Å². The molecule has 5 nitrogen and oxygen atoms in total. The number of rotatable bonds is 7. The summed E-state index contributed by atoms with van der Waals surface area (Å²) in [5.41, 5.74) is 2.63. The minimum Gasteiger partial charge on any atom is -0.396 e. The Morgan fingerprint density at radius 1 is 1.27 bits per heavy atom. The lowest BCUT2D eigenvalue weighted by molar-refractivity contribution is -0.151. The molecule has 0 aromatic rings. The van der Waals surface area contributed by atoms with Crippen molar-refractivity contribution in [1.29, 1.82) is 0 Å². The second kappa shape index (κ2) is 11.8. The number of hydrogen-bond acceptors (Lipinski definition) is 5. The molecular weight excluding hydrogens is 416 g/mol.